The molecule has 0 aromatic carbocycles. The van der Waals surface area contributed by atoms with Gasteiger partial charge in [0.2, 0.25) is 0 Å². The third-order valence-corrected chi connectivity index (χ3v) is 13.4. The first-order valence-electron chi connectivity index (χ1n) is 22.2. The van der Waals surface area contributed by atoms with E-state index in [2.05, 4.69) is 77.2 Å². The number of hydrogen-bond acceptors (Lipinski definition) is 11. The fourth-order valence-corrected chi connectivity index (χ4v) is 9.79. The standard InChI is InChI=1S/C47H72O11/c1-9-29(2)44-32(5)15-13-22-47(58-44)26-37(53-28-48)24-36(57-47)20-18-33(6)43(31(4)14-12-16-35-27-52-46-38(35)21-19-30(3)42(46)49)56-41-25-39(50-8)45(34(7)54-41)55-40-17-10-11-23-51-40/h12-16,18-19,28-29,31-32,34,36-46,49H,9-11,17,20-27H2,1-8H3/b14-12+,33-18+,35-16+/t29?,31-,32-,34-,36+,37-,38?,39-,40?,41-,42+,43-,44?,45+,46-,47+/m0/s1. The van der Waals surface area contributed by atoms with E-state index in [-0.39, 0.29) is 72.9 Å². The zero-order valence-corrected chi connectivity index (χ0v) is 36.3. The van der Waals surface area contributed by atoms with Crippen LogP contribution in [0.5, 0.6) is 0 Å². The van der Waals surface area contributed by atoms with Crippen molar-refractivity contribution in [2.75, 3.05) is 20.3 Å². The maximum atomic E-state index is 11.7. The fraction of sp³-hybridized carbons (Fsp3) is 0.766. The maximum Gasteiger partial charge on any atom is 0.293 e. The van der Waals surface area contributed by atoms with Crippen LogP contribution in [-0.2, 0) is 47.4 Å². The molecule has 6 aliphatic rings. The Hall–Kier alpha value is -2.19. The first-order valence-corrected chi connectivity index (χ1v) is 22.2. The average Bonchev–Trinajstić information content (AvgIpc) is 3.56. The van der Waals surface area contributed by atoms with Crippen molar-refractivity contribution in [2.45, 2.75) is 186 Å². The Kier molecular flexibility index (Phi) is 16.5. The third kappa shape index (κ3) is 11.2. The molecule has 11 heteroatoms. The van der Waals surface area contributed by atoms with Crippen LogP contribution >= 0.6 is 0 Å². The Balaban J connectivity index is 1.20. The molecule has 5 aliphatic heterocycles. The molecule has 58 heavy (non-hydrogen) atoms. The van der Waals surface area contributed by atoms with E-state index in [9.17, 15) is 9.90 Å². The van der Waals surface area contributed by atoms with Crippen LogP contribution in [0.25, 0.3) is 0 Å². The van der Waals surface area contributed by atoms with Gasteiger partial charge in [-0.2, -0.15) is 0 Å². The molecule has 326 valence electrons. The van der Waals surface area contributed by atoms with Crippen molar-refractivity contribution in [1.29, 1.82) is 0 Å². The molecule has 6 rings (SSSR count). The SMILES string of the molecule is CCC(C)C1O[C@]2(CC=C[C@@H]1C)C[C@@H](OC=O)C[C@@H](C/C=C(\C)[C@@H](O[C@H]1C[C@H](OC)[C@H](OC3CCCCO3)[C@H](C)O1)[C@@H](C)/C=C/C=C1\CO[C@H]3C1CC=C(C)[C@H]3O)O2. The van der Waals surface area contributed by atoms with Gasteiger partial charge >= 0.3 is 0 Å². The molecule has 4 saturated heterocycles. The molecule has 0 bridgehead atoms. The number of aliphatic hydroxyl groups is 1. The lowest BCUT2D eigenvalue weighted by atomic mass is 9.82. The molecule has 5 heterocycles. The molecule has 4 unspecified atom stereocenters. The summed E-state index contributed by atoms with van der Waals surface area (Å²) >= 11 is 0. The van der Waals surface area contributed by atoms with Crippen molar-refractivity contribution >= 4 is 6.47 Å². The summed E-state index contributed by atoms with van der Waals surface area (Å²) in [6, 6.07) is 0. The molecule has 11 nitrogen and oxygen atoms in total. The lowest BCUT2D eigenvalue weighted by Gasteiger charge is -2.45. The third-order valence-electron chi connectivity index (χ3n) is 13.4. The highest BCUT2D eigenvalue weighted by Gasteiger charge is 2.47. The predicted octanol–water partition coefficient (Wildman–Crippen LogP) is 8.06. The predicted molar refractivity (Wildman–Crippen MR) is 220 cm³/mol. The van der Waals surface area contributed by atoms with Crippen LogP contribution < -0.4 is 0 Å². The fourth-order valence-electron chi connectivity index (χ4n) is 9.79. The van der Waals surface area contributed by atoms with Gasteiger partial charge in [0.15, 0.2) is 18.4 Å². The van der Waals surface area contributed by atoms with Crippen molar-refractivity contribution in [3.63, 3.8) is 0 Å². The molecule has 1 spiro atoms. The van der Waals surface area contributed by atoms with E-state index in [1.54, 1.807) is 7.11 Å². The monoisotopic (exact) mass is 813 g/mol. The van der Waals surface area contributed by atoms with Crippen LogP contribution in [0.15, 0.2) is 59.3 Å². The molecule has 1 N–H and O–H groups in total. The average molecular weight is 813 g/mol. The second-order valence-corrected chi connectivity index (χ2v) is 17.8. The summed E-state index contributed by atoms with van der Waals surface area (Å²) in [5, 5.41) is 10.7. The van der Waals surface area contributed by atoms with Crippen molar-refractivity contribution in [2.24, 2.45) is 23.7 Å². The van der Waals surface area contributed by atoms with Crippen molar-refractivity contribution in [3.05, 3.63) is 59.3 Å². The van der Waals surface area contributed by atoms with Gasteiger partial charge in [-0.15, -0.1) is 0 Å². The summed E-state index contributed by atoms with van der Waals surface area (Å²) in [5.41, 5.74) is 3.22. The first-order chi connectivity index (χ1) is 27.9. The van der Waals surface area contributed by atoms with Gasteiger partial charge in [0.05, 0.1) is 43.2 Å². The number of aliphatic hydroxyl groups excluding tert-OH is 1. The van der Waals surface area contributed by atoms with Crippen LogP contribution in [0.4, 0.5) is 0 Å². The van der Waals surface area contributed by atoms with Gasteiger partial charge in [0, 0.05) is 57.2 Å². The zero-order valence-electron chi connectivity index (χ0n) is 36.3. The lowest BCUT2D eigenvalue weighted by molar-refractivity contribution is -0.316. The summed E-state index contributed by atoms with van der Waals surface area (Å²) in [7, 11) is 1.72. The molecule has 4 fully saturated rings. The topological polar surface area (TPSA) is 120 Å². The van der Waals surface area contributed by atoms with E-state index in [0.717, 1.165) is 43.3 Å². The highest BCUT2D eigenvalue weighted by Crippen LogP contribution is 2.42. The second kappa shape index (κ2) is 21.1. The van der Waals surface area contributed by atoms with Crippen molar-refractivity contribution in [3.8, 4) is 0 Å². The summed E-state index contributed by atoms with van der Waals surface area (Å²) in [5.74, 6) is -0.143. The molecule has 0 amide bonds. The van der Waals surface area contributed by atoms with Crippen LogP contribution in [-0.4, -0.2) is 105 Å². The van der Waals surface area contributed by atoms with Gasteiger partial charge in [0.25, 0.3) is 6.47 Å². The Labute approximate surface area is 347 Å². The number of allylic oxidation sites excluding steroid dienone is 3. The quantitative estimate of drug-likeness (QED) is 0.128. The molecule has 0 aromatic rings. The molecule has 0 radical (unpaired) electrons. The van der Waals surface area contributed by atoms with Gasteiger partial charge < -0.3 is 47.7 Å². The van der Waals surface area contributed by atoms with Crippen LogP contribution in [0.1, 0.15) is 113 Å². The number of carbonyl (C=O) groups excluding carboxylic acids is 1. The Morgan fingerprint density at radius 1 is 1.12 bits per heavy atom. The summed E-state index contributed by atoms with van der Waals surface area (Å²) < 4.78 is 57.3. The normalized spacial score (nSPS) is 40.9. The second-order valence-electron chi connectivity index (χ2n) is 17.8. The van der Waals surface area contributed by atoms with Gasteiger partial charge in [-0.25, -0.2) is 0 Å². The van der Waals surface area contributed by atoms with E-state index in [0.29, 0.717) is 57.7 Å². The van der Waals surface area contributed by atoms with Gasteiger partial charge in [0.1, 0.15) is 18.3 Å². The number of fused-ring (bicyclic) bond motifs is 1. The van der Waals surface area contributed by atoms with E-state index in [1.807, 2.05) is 13.8 Å². The largest absolute Gasteiger partial charge is 0.464 e. The maximum absolute atomic E-state index is 11.7. The summed E-state index contributed by atoms with van der Waals surface area (Å²) in [6.07, 6.45) is 19.6. The molecular formula is C47H72O11. The number of ether oxygens (including phenoxy) is 9. The Morgan fingerprint density at radius 3 is 2.69 bits per heavy atom. The molecular weight excluding hydrogens is 741 g/mol. The zero-order chi connectivity index (χ0) is 41.4. The number of methoxy groups -OCH3 is 1. The minimum Gasteiger partial charge on any atom is -0.464 e. The van der Waals surface area contributed by atoms with E-state index in [1.165, 1.54) is 5.57 Å². The number of carbonyl (C=O) groups is 1. The molecule has 1 aliphatic carbocycles. The summed E-state index contributed by atoms with van der Waals surface area (Å²) in [6.45, 7) is 16.6. The van der Waals surface area contributed by atoms with Gasteiger partial charge in [-0.05, 0) is 75.5 Å². The minimum absolute atomic E-state index is 0.00325. The highest BCUT2D eigenvalue weighted by molar-refractivity contribution is 5.37. The number of hydrogen-bond donors (Lipinski definition) is 1. The van der Waals surface area contributed by atoms with Crippen LogP contribution in [0.2, 0.25) is 0 Å². The lowest BCUT2D eigenvalue weighted by Crippen LogP contribution is -2.52. The van der Waals surface area contributed by atoms with Crippen LogP contribution in [0, 0.1) is 23.7 Å². The molecule has 0 saturated carbocycles. The highest BCUT2D eigenvalue weighted by atomic mass is 16.7. The number of rotatable bonds is 15. The van der Waals surface area contributed by atoms with E-state index in [4.69, 9.17) is 42.6 Å². The minimum atomic E-state index is -0.874. The molecule has 0 aromatic heterocycles. The Morgan fingerprint density at radius 2 is 1.95 bits per heavy atom. The van der Waals surface area contributed by atoms with Crippen LogP contribution in [0.3, 0.4) is 0 Å². The van der Waals surface area contributed by atoms with E-state index < -0.39 is 18.2 Å². The van der Waals surface area contributed by atoms with Gasteiger partial charge in [-0.3, -0.25) is 4.79 Å². The smallest absolute Gasteiger partial charge is 0.293 e. The first kappa shape index (κ1) is 45.3. The Bertz CT molecular complexity index is 1480. The van der Waals surface area contributed by atoms with Crippen molar-refractivity contribution in [1.82, 2.24) is 0 Å². The van der Waals surface area contributed by atoms with E-state index >= 15 is 0 Å². The summed E-state index contributed by atoms with van der Waals surface area (Å²) in [4.78, 5) is 11.7. The van der Waals surface area contributed by atoms with Gasteiger partial charge in [-0.1, -0.05) is 76.6 Å². The van der Waals surface area contributed by atoms with Crippen molar-refractivity contribution < 1.29 is 52.5 Å². The molecule has 16 atom stereocenters.